The number of ether oxygens (including phenoxy) is 1. The maximum Gasteiger partial charge on any atom is 0.408 e. The predicted molar refractivity (Wildman–Crippen MR) is 131 cm³/mol. The average molecular weight is 528 g/mol. The van der Waals surface area contributed by atoms with Crippen LogP contribution in [0.1, 0.15) is 49.4 Å². The summed E-state index contributed by atoms with van der Waals surface area (Å²) in [6, 6.07) is 14.1. The maximum absolute atomic E-state index is 13.8. The van der Waals surface area contributed by atoms with E-state index < -0.39 is 29.4 Å². The molecule has 0 saturated carbocycles. The van der Waals surface area contributed by atoms with E-state index in [4.69, 9.17) is 10.5 Å². The largest absolute Gasteiger partial charge is 0.439 e. The van der Waals surface area contributed by atoms with Crippen molar-refractivity contribution in [2.75, 3.05) is 5.73 Å². The van der Waals surface area contributed by atoms with Crippen LogP contribution in [0.3, 0.4) is 0 Å². The summed E-state index contributed by atoms with van der Waals surface area (Å²) in [5, 5.41) is 2.71. The fourth-order valence-corrected chi connectivity index (χ4v) is 3.69. The van der Waals surface area contributed by atoms with Gasteiger partial charge in [0.15, 0.2) is 6.10 Å². The van der Waals surface area contributed by atoms with Gasteiger partial charge in [-0.3, -0.25) is 0 Å². The number of anilines is 1. The van der Waals surface area contributed by atoms with Crippen LogP contribution in [0.5, 0.6) is 0 Å². The van der Waals surface area contributed by atoms with Crippen molar-refractivity contribution in [1.29, 1.82) is 0 Å². The van der Waals surface area contributed by atoms with Crippen LogP contribution in [0.25, 0.3) is 0 Å². The molecule has 0 radical (unpaired) electrons. The third-order valence-electron chi connectivity index (χ3n) is 4.51. The van der Waals surface area contributed by atoms with Gasteiger partial charge < -0.3 is 15.8 Å². The van der Waals surface area contributed by atoms with E-state index in [9.17, 15) is 13.6 Å². The third-order valence-corrected chi connectivity index (χ3v) is 5.14. The summed E-state index contributed by atoms with van der Waals surface area (Å²) in [6.07, 6.45) is -1.69. The smallest absolute Gasteiger partial charge is 0.408 e. The highest BCUT2D eigenvalue weighted by atomic mass is 79.9. The molecule has 0 saturated heterocycles. The summed E-state index contributed by atoms with van der Waals surface area (Å²) >= 11 is 3.42. The van der Waals surface area contributed by atoms with Crippen molar-refractivity contribution in [2.24, 2.45) is 0 Å². The van der Waals surface area contributed by atoms with Gasteiger partial charge in [-0.1, -0.05) is 24.1 Å². The van der Waals surface area contributed by atoms with Crippen LogP contribution in [-0.4, -0.2) is 16.6 Å². The second-order valence-corrected chi connectivity index (χ2v) is 9.51. The molecule has 0 spiro atoms. The zero-order valence-electron chi connectivity index (χ0n) is 19.0. The number of aromatic nitrogens is 1. The van der Waals surface area contributed by atoms with E-state index in [1.807, 2.05) is 30.3 Å². The SMILES string of the molecule is CC(C)(C)NC(=O)O[C@@H](Cc1cc(F)cc(F)c1)c1nc(C#Cc2ccccc2)c(N)cc1Br. The minimum Gasteiger partial charge on any atom is -0.439 e. The van der Waals surface area contributed by atoms with Crippen molar-refractivity contribution in [3.8, 4) is 11.8 Å². The van der Waals surface area contributed by atoms with Gasteiger partial charge >= 0.3 is 6.09 Å². The molecule has 3 N–H and O–H groups in total. The van der Waals surface area contributed by atoms with Gasteiger partial charge in [-0.05, 0) is 78.5 Å². The molecule has 1 amide bonds. The minimum atomic E-state index is -0.976. The first-order valence-electron chi connectivity index (χ1n) is 10.5. The molecule has 3 aromatic rings. The molecule has 1 atom stereocenters. The van der Waals surface area contributed by atoms with Crippen molar-refractivity contribution < 1.29 is 18.3 Å². The lowest BCUT2D eigenvalue weighted by Crippen LogP contribution is -2.41. The molecule has 0 bridgehead atoms. The summed E-state index contributed by atoms with van der Waals surface area (Å²) in [5.41, 5.74) is 7.58. The summed E-state index contributed by atoms with van der Waals surface area (Å²) < 4.78 is 33.7. The minimum absolute atomic E-state index is 0.0205. The van der Waals surface area contributed by atoms with Crippen molar-refractivity contribution in [2.45, 2.75) is 38.8 Å². The average Bonchev–Trinajstić information content (AvgIpc) is 2.71. The molecule has 2 aromatic carbocycles. The number of alkyl carbamates (subject to hydrolysis) is 1. The Morgan fingerprint density at radius 3 is 2.38 bits per heavy atom. The topological polar surface area (TPSA) is 77.2 Å². The van der Waals surface area contributed by atoms with E-state index in [1.54, 1.807) is 26.8 Å². The Labute approximate surface area is 205 Å². The highest BCUT2D eigenvalue weighted by molar-refractivity contribution is 9.10. The maximum atomic E-state index is 13.8. The second-order valence-electron chi connectivity index (χ2n) is 8.66. The van der Waals surface area contributed by atoms with Crippen LogP contribution < -0.4 is 11.1 Å². The van der Waals surface area contributed by atoms with Crippen LogP contribution in [0, 0.1) is 23.5 Å². The number of rotatable bonds is 4. The number of pyridine rings is 1. The number of nitrogens with zero attached hydrogens (tertiary/aromatic N) is 1. The molecule has 1 aromatic heterocycles. The van der Waals surface area contributed by atoms with Crippen LogP contribution in [0.4, 0.5) is 19.3 Å². The Bertz CT molecular complexity index is 1230. The Kier molecular flexibility index (Phi) is 7.90. The quantitative estimate of drug-likeness (QED) is 0.413. The van der Waals surface area contributed by atoms with Crippen molar-refractivity contribution in [3.63, 3.8) is 0 Å². The first-order chi connectivity index (χ1) is 16.0. The number of carbonyl (C=O) groups is 1. The van der Waals surface area contributed by atoms with Crippen LogP contribution >= 0.6 is 15.9 Å². The number of nitrogens with one attached hydrogen (secondary N) is 1. The van der Waals surface area contributed by atoms with E-state index in [1.165, 1.54) is 12.1 Å². The summed E-state index contributed by atoms with van der Waals surface area (Å²) in [4.78, 5) is 17.1. The Morgan fingerprint density at radius 2 is 1.76 bits per heavy atom. The molecule has 8 heteroatoms. The number of nitrogens with two attached hydrogens (primary N) is 1. The molecule has 34 heavy (non-hydrogen) atoms. The lowest BCUT2D eigenvalue weighted by Gasteiger charge is -2.24. The van der Waals surface area contributed by atoms with Crippen LogP contribution in [-0.2, 0) is 11.2 Å². The van der Waals surface area contributed by atoms with E-state index in [0.717, 1.165) is 11.6 Å². The van der Waals surface area contributed by atoms with Gasteiger partial charge in [-0.15, -0.1) is 0 Å². The standard InChI is InChI=1S/C26H24BrF2N3O2/c1-26(2,3)32-25(33)34-23(13-17-11-18(28)14-19(29)12-17)24-20(27)15-21(30)22(31-24)10-9-16-7-5-4-6-8-16/h4-8,11-12,14-15,23H,13,30H2,1-3H3,(H,32,33)/t23-/m0/s1. The number of nitrogen functional groups attached to an aromatic ring is 1. The summed E-state index contributed by atoms with van der Waals surface area (Å²) in [7, 11) is 0. The van der Waals surface area contributed by atoms with Crippen molar-refractivity contribution in [3.05, 3.63) is 93.2 Å². The van der Waals surface area contributed by atoms with Gasteiger partial charge in [0.05, 0.1) is 11.4 Å². The highest BCUT2D eigenvalue weighted by Gasteiger charge is 2.25. The zero-order chi connectivity index (χ0) is 24.9. The normalized spacial score (nSPS) is 11.8. The lowest BCUT2D eigenvalue weighted by molar-refractivity contribution is 0.0884. The van der Waals surface area contributed by atoms with Gasteiger partial charge in [0, 0.05) is 28.1 Å². The van der Waals surface area contributed by atoms with Crippen molar-refractivity contribution >= 4 is 27.7 Å². The highest BCUT2D eigenvalue weighted by Crippen LogP contribution is 2.31. The number of hydrogen-bond acceptors (Lipinski definition) is 4. The van der Waals surface area contributed by atoms with E-state index in [2.05, 4.69) is 38.1 Å². The van der Waals surface area contributed by atoms with Crippen molar-refractivity contribution in [1.82, 2.24) is 10.3 Å². The van der Waals surface area contributed by atoms with E-state index in [-0.39, 0.29) is 12.1 Å². The van der Waals surface area contributed by atoms with Gasteiger partial charge in [0.1, 0.15) is 17.3 Å². The second kappa shape index (κ2) is 10.7. The van der Waals surface area contributed by atoms with Gasteiger partial charge in [0.25, 0.3) is 0 Å². The molecule has 176 valence electrons. The molecule has 0 fully saturated rings. The van der Waals surface area contributed by atoms with Gasteiger partial charge in [-0.2, -0.15) is 0 Å². The monoisotopic (exact) mass is 527 g/mol. The molecule has 5 nitrogen and oxygen atoms in total. The molecule has 1 heterocycles. The molecule has 0 unspecified atom stereocenters. The summed E-state index contributed by atoms with van der Waals surface area (Å²) in [5.74, 6) is 4.48. The van der Waals surface area contributed by atoms with Gasteiger partial charge in [0.2, 0.25) is 0 Å². The molecule has 0 aliphatic heterocycles. The molecule has 0 aliphatic rings. The number of halogens is 3. The first-order valence-corrected chi connectivity index (χ1v) is 11.3. The van der Waals surface area contributed by atoms with Crippen LogP contribution in [0.2, 0.25) is 0 Å². The number of hydrogen-bond donors (Lipinski definition) is 2. The van der Waals surface area contributed by atoms with Crippen LogP contribution in [0.15, 0.2) is 59.1 Å². The molecular weight excluding hydrogens is 504 g/mol. The van der Waals surface area contributed by atoms with Gasteiger partial charge in [-0.25, -0.2) is 18.6 Å². The van der Waals surface area contributed by atoms with E-state index >= 15 is 0 Å². The summed E-state index contributed by atoms with van der Waals surface area (Å²) in [6.45, 7) is 5.42. The fourth-order valence-electron chi connectivity index (χ4n) is 3.10. The Hall–Kier alpha value is -3.44. The predicted octanol–water partition coefficient (Wildman–Crippen LogP) is 5.91. The Balaban J connectivity index is 2.01. The lowest BCUT2D eigenvalue weighted by atomic mass is 10.0. The fraction of sp³-hybridized carbons (Fsp3) is 0.231. The zero-order valence-corrected chi connectivity index (χ0v) is 20.5. The number of benzene rings is 2. The first kappa shape index (κ1) is 25.2. The van der Waals surface area contributed by atoms with E-state index in [0.29, 0.717) is 21.4 Å². The molecule has 3 rings (SSSR count). The number of carbonyl (C=O) groups excluding carboxylic acids is 1. The Morgan fingerprint density at radius 1 is 1.12 bits per heavy atom. The molecule has 0 aliphatic carbocycles. The number of amides is 1. The molecular formula is C26H24BrF2N3O2. The third kappa shape index (κ3) is 7.29.